The third-order valence-electron chi connectivity index (χ3n) is 6.26. The van der Waals surface area contributed by atoms with Gasteiger partial charge in [0.25, 0.3) is 11.8 Å². The van der Waals surface area contributed by atoms with E-state index in [4.69, 9.17) is 0 Å². The Hall–Kier alpha value is -3.67. The molecule has 0 aliphatic carbocycles. The monoisotopic (exact) mass is 413 g/mol. The van der Waals surface area contributed by atoms with Crippen LogP contribution >= 0.6 is 0 Å². The van der Waals surface area contributed by atoms with Crippen molar-refractivity contribution in [3.63, 3.8) is 0 Å². The van der Waals surface area contributed by atoms with Gasteiger partial charge in [0, 0.05) is 48.7 Å². The van der Waals surface area contributed by atoms with Crippen LogP contribution in [0.5, 0.6) is 0 Å². The Bertz CT molecular complexity index is 1220. The largest absolute Gasteiger partial charge is 0.360 e. The molecule has 0 saturated carbocycles. The third kappa shape index (κ3) is 3.24. The highest BCUT2D eigenvalue weighted by Crippen LogP contribution is 2.30. The number of benzene rings is 2. The summed E-state index contributed by atoms with van der Waals surface area (Å²) in [5.74, 6) is -0.672. The van der Waals surface area contributed by atoms with Crippen LogP contribution in [-0.4, -0.2) is 52.1 Å². The molecular formula is C25H23N3O3. The second-order valence-corrected chi connectivity index (χ2v) is 8.08. The summed E-state index contributed by atoms with van der Waals surface area (Å²) in [7, 11) is 0. The van der Waals surface area contributed by atoms with Gasteiger partial charge in [0.2, 0.25) is 5.91 Å². The molecule has 5 rings (SSSR count). The maximum absolute atomic E-state index is 12.7. The van der Waals surface area contributed by atoms with Gasteiger partial charge in [-0.05, 0) is 36.6 Å². The summed E-state index contributed by atoms with van der Waals surface area (Å²) >= 11 is 0. The maximum Gasteiger partial charge on any atom is 0.261 e. The second kappa shape index (κ2) is 7.54. The Balaban J connectivity index is 1.23. The fourth-order valence-electron chi connectivity index (χ4n) is 4.52. The van der Waals surface area contributed by atoms with E-state index in [0.717, 1.165) is 11.9 Å². The molecule has 0 unspecified atom stereocenters. The summed E-state index contributed by atoms with van der Waals surface area (Å²) in [4.78, 5) is 44.0. The van der Waals surface area contributed by atoms with Crippen molar-refractivity contribution in [2.24, 2.45) is 0 Å². The number of amides is 3. The van der Waals surface area contributed by atoms with Crippen molar-refractivity contribution in [3.8, 4) is 0 Å². The molecule has 156 valence electrons. The van der Waals surface area contributed by atoms with E-state index in [9.17, 15) is 14.4 Å². The summed E-state index contributed by atoms with van der Waals surface area (Å²) in [5.41, 5.74) is 5.62. The molecule has 6 nitrogen and oxygen atoms in total. The molecule has 0 fully saturated rings. The first kappa shape index (κ1) is 19.3. The fraction of sp³-hybridized carbons (Fsp3) is 0.240. The number of H-pyrrole nitrogens is 1. The van der Waals surface area contributed by atoms with E-state index in [1.54, 1.807) is 29.2 Å². The van der Waals surface area contributed by atoms with Crippen molar-refractivity contribution in [1.82, 2.24) is 14.8 Å². The van der Waals surface area contributed by atoms with Gasteiger partial charge < -0.3 is 9.88 Å². The van der Waals surface area contributed by atoms with E-state index in [2.05, 4.69) is 36.2 Å². The Labute approximate surface area is 180 Å². The number of fused-ring (bicyclic) bond motifs is 2. The Morgan fingerprint density at radius 2 is 1.74 bits per heavy atom. The number of aromatic nitrogens is 1. The molecule has 6 heteroatoms. The van der Waals surface area contributed by atoms with E-state index in [1.165, 1.54) is 27.0 Å². The maximum atomic E-state index is 12.7. The quantitative estimate of drug-likeness (QED) is 0.662. The van der Waals surface area contributed by atoms with Crippen LogP contribution in [0.1, 0.15) is 44.7 Å². The Kier molecular flexibility index (Phi) is 4.70. The van der Waals surface area contributed by atoms with Crippen LogP contribution in [0.4, 0.5) is 0 Å². The van der Waals surface area contributed by atoms with Crippen LogP contribution in [0.15, 0.2) is 54.7 Å². The van der Waals surface area contributed by atoms with Crippen molar-refractivity contribution in [2.45, 2.75) is 19.8 Å². The lowest BCUT2D eigenvalue weighted by atomic mass is 9.98. The summed E-state index contributed by atoms with van der Waals surface area (Å²) in [6.07, 6.45) is 5.07. The number of aryl methyl sites for hydroxylation is 1. The molecule has 0 radical (unpaired) electrons. The standard InChI is InChI=1S/C25H23N3O3/c1-16-5-4-8-18-21(15-26-23(16)18)17-9-12-27(13-10-17)22(29)11-14-28-24(30)19-6-2-3-7-20(19)25(28)31/h2-9,15,26H,10-14H2,1H3. The number of nitrogens with one attached hydrogen (secondary N) is 1. The number of imide groups is 1. The van der Waals surface area contributed by atoms with Crippen LogP contribution in [0.25, 0.3) is 16.5 Å². The molecule has 31 heavy (non-hydrogen) atoms. The van der Waals surface area contributed by atoms with E-state index in [-0.39, 0.29) is 30.7 Å². The molecule has 0 saturated heterocycles. The summed E-state index contributed by atoms with van der Waals surface area (Å²) in [6.45, 7) is 3.37. The second-order valence-electron chi connectivity index (χ2n) is 8.08. The number of hydrogen-bond acceptors (Lipinski definition) is 3. The molecule has 0 bridgehead atoms. The van der Waals surface area contributed by atoms with Gasteiger partial charge in [0.15, 0.2) is 0 Å². The van der Waals surface area contributed by atoms with E-state index < -0.39 is 0 Å². The highest BCUT2D eigenvalue weighted by molar-refractivity contribution is 6.21. The minimum absolute atomic E-state index is 0.0402. The van der Waals surface area contributed by atoms with Gasteiger partial charge in [-0.2, -0.15) is 0 Å². The van der Waals surface area contributed by atoms with E-state index >= 15 is 0 Å². The molecule has 2 aliphatic rings. The van der Waals surface area contributed by atoms with E-state index in [0.29, 0.717) is 24.2 Å². The lowest BCUT2D eigenvalue weighted by molar-refractivity contribution is -0.130. The minimum atomic E-state index is -0.316. The molecule has 1 N–H and O–H groups in total. The predicted octanol–water partition coefficient (Wildman–Crippen LogP) is 3.78. The normalized spacial score (nSPS) is 16.1. The van der Waals surface area contributed by atoms with Crippen LogP contribution in [0.2, 0.25) is 0 Å². The van der Waals surface area contributed by atoms with Gasteiger partial charge in [-0.3, -0.25) is 19.3 Å². The number of carbonyl (C=O) groups is 3. The summed E-state index contributed by atoms with van der Waals surface area (Å²) in [5, 5.41) is 1.21. The Morgan fingerprint density at radius 1 is 1.00 bits per heavy atom. The lowest BCUT2D eigenvalue weighted by Crippen LogP contribution is -2.38. The van der Waals surface area contributed by atoms with Crippen molar-refractivity contribution < 1.29 is 14.4 Å². The molecule has 1 aromatic heterocycles. The average Bonchev–Trinajstić information content (AvgIpc) is 3.33. The van der Waals surface area contributed by atoms with E-state index in [1.807, 2.05) is 6.20 Å². The lowest BCUT2D eigenvalue weighted by Gasteiger charge is -2.27. The smallest absolute Gasteiger partial charge is 0.261 e. The first-order chi connectivity index (χ1) is 15.0. The van der Waals surface area contributed by atoms with Gasteiger partial charge in [0.1, 0.15) is 0 Å². The van der Waals surface area contributed by atoms with Crippen LogP contribution in [0.3, 0.4) is 0 Å². The summed E-state index contributed by atoms with van der Waals surface area (Å²) < 4.78 is 0. The first-order valence-electron chi connectivity index (χ1n) is 10.5. The van der Waals surface area contributed by atoms with Gasteiger partial charge in [-0.25, -0.2) is 0 Å². The number of carbonyl (C=O) groups excluding carboxylic acids is 3. The first-order valence-corrected chi connectivity index (χ1v) is 10.5. The number of para-hydroxylation sites is 1. The predicted molar refractivity (Wildman–Crippen MR) is 119 cm³/mol. The van der Waals surface area contributed by atoms with Crippen molar-refractivity contribution in [3.05, 3.63) is 77.0 Å². The van der Waals surface area contributed by atoms with Gasteiger partial charge in [-0.1, -0.05) is 36.4 Å². The van der Waals surface area contributed by atoms with Gasteiger partial charge >= 0.3 is 0 Å². The molecule has 0 spiro atoms. The van der Waals surface area contributed by atoms with Crippen molar-refractivity contribution in [2.75, 3.05) is 19.6 Å². The number of hydrogen-bond donors (Lipinski definition) is 1. The fourth-order valence-corrected chi connectivity index (χ4v) is 4.52. The minimum Gasteiger partial charge on any atom is -0.360 e. The third-order valence-corrected chi connectivity index (χ3v) is 6.26. The molecule has 3 heterocycles. The van der Waals surface area contributed by atoms with Gasteiger partial charge in [-0.15, -0.1) is 0 Å². The zero-order valence-corrected chi connectivity index (χ0v) is 17.4. The number of rotatable bonds is 4. The SMILES string of the molecule is Cc1cccc2c(C3=CCN(C(=O)CCN4C(=O)c5ccccc5C4=O)CC3)c[nH]c12. The van der Waals surface area contributed by atoms with Gasteiger partial charge in [0.05, 0.1) is 11.1 Å². The van der Waals surface area contributed by atoms with Crippen LogP contribution in [0, 0.1) is 6.92 Å². The highest BCUT2D eigenvalue weighted by Gasteiger charge is 2.35. The molecule has 2 aromatic carbocycles. The zero-order valence-electron chi connectivity index (χ0n) is 17.4. The van der Waals surface area contributed by atoms with Crippen LogP contribution in [-0.2, 0) is 4.79 Å². The summed E-state index contributed by atoms with van der Waals surface area (Å²) in [6, 6.07) is 13.1. The highest BCUT2D eigenvalue weighted by atomic mass is 16.2. The zero-order chi connectivity index (χ0) is 21.5. The Morgan fingerprint density at radius 3 is 2.42 bits per heavy atom. The van der Waals surface area contributed by atoms with Crippen molar-refractivity contribution >= 4 is 34.2 Å². The molecular weight excluding hydrogens is 390 g/mol. The number of aromatic amines is 1. The van der Waals surface area contributed by atoms with Crippen LogP contribution < -0.4 is 0 Å². The molecule has 2 aliphatic heterocycles. The number of nitrogens with zero attached hydrogens (tertiary/aromatic N) is 2. The molecule has 3 amide bonds. The topological polar surface area (TPSA) is 73.5 Å². The molecule has 3 aromatic rings. The average molecular weight is 413 g/mol. The molecule has 0 atom stereocenters. The van der Waals surface area contributed by atoms with Crippen molar-refractivity contribution in [1.29, 1.82) is 0 Å².